The third-order valence-electron chi connectivity index (χ3n) is 1.53. The maximum atomic E-state index is 5.85. The van der Waals surface area contributed by atoms with E-state index in [0.717, 1.165) is 17.3 Å². The first kappa shape index (κ1) is 11.1. The molecule has 0 aromatic heterocycles. The number of allylic oxidation sites excluding steroid dienone is 1. The smallest absolute Gasteiger partial charge is 0.0598 e. The Bertz CT molecular complexity index is 308. The molecule has 13 heavy (non-hydrogen) atoms. The monoisotopic (exact) mass is 278 g/mol. The minimum Gasteiger partial charge on any atom is -0.0925 e. The first-order valence-corrected chi connectivity index (χ1v) is 5.79. The molecule has 70 valence electrons. The van der Waals surface area contributed by atoms with Crippen molar-refractivity contribution in [2.24, 2.45) is 0 Å². The Hall–Kier alpha value is 0.0200. The summed E-state index contributed by atoms with van der Waals surface area (Å²) in [5.74, 6) is 0. The van der Waals surface area contributed by atoms with Gasteiger partial charge in [0.05, 0.1) is 10.0 Å². The van der Waals surface area contributed by atoms with Crippen molar-refractivity contribution in [2.75, 3.05) is 5.33 Å². The molecule has 0 amide bonds. The fourth-order valence-corrected chi connectivity index (χ4v) is 1.47. The van der Waals surface area contributed by atoms with Gasteiger partial charge in [0.15, 0.2) is 0 Å². The highest BCUT2D eigenvalue weighted by Gasteiger charge is 1.95. The highest BCUT2D eigenvalue weighted by molar-refractivity contribution is 9.09. The van der Waals surface area contributed by atoms with Gasteiger partial charge in [-0.05, 0) is 24.1 Å². The van der Waals surface area contributed by atoms with Gasteiger partial charge in [0.1, 0.15) is 0 Å². The molecule has 1 aromatic carbocycles. The summed E-state index contributed by atoms with van der Waals surface area (Å²) in [6.07, 6.45) is 5.14. The average Bonchev–Trinajstić information content (AvgIpc) is 2.12. The van der Waals surface area contributed by atoms with Crippen LogP contribution in [-0.2, 0) is 0 Å². The zero-order valence-corrected chi connectivity index (χ0v) is 10.0. The summed E-state index contributed by atoms with van der Waals surface area (Å²) in [5.41, 5.74) is 1.08. The van der Waals surface area contributed by atoms with E-state index in [1.807, 2.05) is 18.2 Å². The molecule has 0 nitrogen and oxygen atoms in total. The second kappa shape index (κ2) is 5.69. The van der Waals surface area contributed by atoms with Crippen LogP contribution in [0.3, 0.4) is 0 Å². The molecule has 0 aliphatic rings. The topological polar surface area (TPSA) is 0 Å². The molecular formula is C10H9BrCl2. The van der Waals surface area contributed by atoms with E-state index in [1.165, 1.54) is 0 Å². The number of hydrogen-bond donors (Lipinski definition) is 0. The summed E-state index contributed by atoms with van der Waals surface area (Å²) < 4.78 is 0. The van der Waals surface area contributed by atoms with Crippen LogP contribution in [0.1, 0.15) is 12.0 Å². The number of hydrogen-bond acceptors (Lipinski definition) is 0. The highest BCUT2D eigenvalue weighted by Crippen LogP contribution is 2.23. The zero-order valence-electron chi connectivity index (χ0n) is 6.93. The van der Waals surface area contributed by atoms with Crippen LogP contribution in [0, 0.1) is 0 Å². The van der Waals surface area contributed by atoms with E-state index < -0.39 is 0 Å². The van der Waals surface area contributed by atoms with Gasteiger partial charge in [0, 0.05) is 5.33 Å². The Morgan fingerprint density at radius 3 is 2.62 bits per heavy atom. The van der Waals surface area contributed by atoms with Crippen LogP contribution in [0.4, 0.5) is 0 Å². The Kier molecular flexibility index (Phi) is 4.86. The summed E-state index contributed by atoms with van der Waals surface area (Å²) >= 11 is 15.0. The number of halogens is 3. The lowest BCUT2D eigenvalue weighted by Gasteiger charge is -1.96. The van der Waals surface area contributed by atoms with E-state index >= 15 is 0 Å². The van der Waals surface area contributed by atoms with Gasteiger partial charge in [-0.3, -0.25) is 0 Å². The number of benzene rings is 1. The van der Waals surface area contributed by atoms with Crippen molar-refractivity contribution in [2.45, 2.75) is 6.42 Å². The second-order valence-corrected chi connectivity index (χ2v) is 4.16. The van der Waals surface area contributed by atoms with Gasteiger partial charge in [-0.1, -0.05) is 57.4 Å². The molecule has 0 heterocycles. The van der Waals surface area contributed by atoms with Gasteiger partial charge >= 0.3 is 0 Å². The van der Waals surface area contributed by atoms with Crippen molar-refractivity contribution in [3.05, 3.63) is 39.9 Å². The normalized spacial score (nSPS) is 11.0. The first-order chi connectivity index (χ1) is 6.24. The van der Waals surface area contributed by atoms with Gasteiger partial charge in [0.2, 0.25) is 0 Å². The van der Waals surface area contributed by atoms with Crippen LogP contribution in [0.15, 0.2) is 24.3 Å². The fourth-order valence-electron chi connectivity index (χ4n) is 0.898. The summed E-state index contributed by atoms with van der Waals surface area (Å²) in [5, 5.41) is 2.17. The lowest BCUT2D eigenvalue weighted by atomic mass is 10.2. The number of rotatable bonds is 3. The summed E-state index contributed by atoms with van der Waals surface area (Å²) in [6.45, 7) is 0. The Morgan fingerprint density at radius 1 is 1.23 bits per heavy atom. The van der Waals surface area contributed by atoms with Crippen molar-refractivity contribution < 1.29 is 0 Å². The third-order valence-corrected chi connectivity index (χ3v) is 2.73. The summed E-state index contributed by atoms with van der Waals surface area (Å²) in [6, 6.07) is 5.60. The summed E-state index contributed by atoms with van der Waals surface area (Å²) in [7, 11) is 0. The molecule has 0 aliphatic carbocycles. The highest BCUT2D eigenvalue weighted by atomic mass is 79.9. The molecule has 0 aliphatic heterocycles. The van der Waals surface area contributed by atoms with Crippen molar-refractivity contribution in [1.29, 1.82) is 0 Å². The standard InChI is InChI=1S/C10H9BrCl2/c11-6-2-1-3-8-4-5-9(12)10(13)7-8/h1,3-5,7H,2,6H2. The molecule has 0 bridgehead atoms. The molecule has 0 radical (unpaired) electrons. The molecule has 3 heteroatoms. The zero-order chi connectivity index (χ0) is 9.68. The van der Waals surface area contributed by atoms with E-state index in [1.54, 1.807) is 6.07 Å². The van der Waals surface area contributed by atoms with Gasteiger partial charge in [-0.2, -0.15) is 0 Å². The predicted octanol–water partition coefficient (Wildman–Crippen LogP) is 4.79. The van der Waals surface area contributed by atoms with Gasteiger partial charge in [-0.15, -0.1) is 0 Å². The Labute approximate surface area is 96.7 Å². The largest absolute Gasteiger partial charge is 0.0925 e. The minimum atomic E-state index is 0.597. The molecule has 1 aromatic rings. The van der Waals surface area contributed by atoms with E-state index in [4.69, 9.17) is 23.2 Å². The molecule has 0 atom stereocenters. The minimum absolute atomic E-state index is 0.597. The van der Waals surface area contributed by atoms with E-state index in [9.17, 15) is 0 Å². The van der Waals surface area contributed by atoms with Crippen molar-refractivity contribution >= 4 is 45.2 Å². The van der Waals surface area contributed by atoms with E-state index in [2.05, 4.69) is 22.0 Å². The molecule has 0 N–H and O–H groups in total. The van der Waals surface area contributed by atoms with Crippen molar-refractivity contribution in [3.63, 3.8) is 0 Å². The molecule has 0 spiro atoms. The second-order valence-electron chi connectivity index (χ2n) is 2.55. The Morgan fingerprint density at radius 2 is 2.00 bits per heavy atom. The number of alkyl halides is 1. The van der Waals surface area contributed by atoms with Crippen LogP contribution >= 0.6 is 39.1 Å². The van der Waals surface area contributed by atoms with E-state index in [-0.39, 0.29) is 0 Å². The van der Waals surface area contributed by atoms with Gasteiger partial charge < -0.3 is 0 Å². The fraction of sp³-hybridized carbons (Fsp3) is 0.200. The summed E-state index contributed by atoms with van der Waals surface area (Å²) in [4.78, 5) is 0. The van der Waals surface area contributed by atoms with Crippen LogP contribution in [0.25, 0.3) is 6.08 Å². The molecule has 0 saturated heterocycles. The van der Waals surface area contributed by atoms with Gasteiger partial charge in [0.25, 0.3) is 0 Å². The van der Waals surface area contributed by atoms with Crippen LogP contribution in [0.2, 0.25) is 10.0 Å². The maximum Gasteiger partial charge on any atom is 0.0598 e. The predicted molar refractivity (Wildman–Crippen MR) is 63.9 cm³/mol. The third kappa shape index (κ3) is 3.72. The average molecular weight is 280 g/mol. The SMILES string of the molecule is Clc1ccc(C=CCCBr)cc1Cl. The quantitative estimate of drug-likeness (QED) is 0.698. The lowest BCUT2D eigenvalue weighted by molar-refractivity contribution is 1.27. The molecule has 0 unspecified atom stereocenters. The maximum absolute atomic E-state index is 5.85. The Balaban J connectivity index is 2.73. The molecule has 1 rings (SSSR count). The van der Waals surface area contributed by atoms with Crippen LogP contribution in [-0.4, -0.2) is 5.33 Å². The van der Waals surface area contributed by atoms with Gasteiger partial charge in [-0.25, -0.2) is 0 Å². The molecule has 0 fully saturated rings. The lowest BCUT2D eigenvalue weighted by Crippen LogP contribution is -1.74. The molecular weight excluding hydrogens is 271 g/mol. The molecule has 0 saturated carbocycles. The van der Waals surface area contributed by atoms with Crippen LogP contribution in [0.5, 0.6) is 0 Å². The first-order valence-electron chi connectivity index (χ1n) is 3.91. The van der Waals surface area contributed by atoms with E-state index in [0.29, 0.717) is 10.0 Å². The van der Waals surface area contributed by atoms with Crippen molar-refractivity contribution in [3.8, 4) is 0 Å². The van der Waals surface area contributed by atoms with Crippen LogP contribution < -0.4 is 0 Å². The van der Waals surface area contributed by atoms with Crippen molar-refractivity contribution in [1.82, 2.24) is 0 Å².